The van der Waals surface area contributed by atoms with E-state index >= 15 is 0 Å². The molecule has 0 saturated heterocycles. The van der Waals surface area contributed by atoms with E-state index < -0.39 is 29.3 Å². The number of nitrogens with zero attached hydrogens (tertiary/aromatic N) is 3. The first-order valence-electron chi connectivity index (χ1n) is 8.84. The lowest BCUT2D eigenvalue weighted by Crippen LogP contribution is -2.31. The van der Waals surface area contributed by atoms with Crippen molar-refractivity contribution in [3.8, 4) is 5.69 Å². The molecule has 1 aromatic heterocycles. The lowest BCUT2D eigenvalue weighted by Gasteiger charge is -2.15. The molecule has 0 radical (unpaired) electrons. The second kappa shape index (κ2) is 8.96. The molecule has 1 unspecified atom stereocenters. The van der Waals surface area contributed by atoms with E-state index in [9.17, 15) is 22.4 Å². The molecule has 9 heteroatoms. The molecular formula is C18H22F4N4O. The van der Waals surface area contributed by atoms with E-state index in [0.29, 0.717) is 4.68 Å². The van der Waals surface area contributed by atoms with E-state index in [2.05, 4.69) is 22.6 Å². The van der Waals surface area contributed by atoms with Crippen molar-refractivity contribution in [2.75, 3.05) is 6.54 Å². The monoisotopic (exact) mass is 386 g/mol. The van der Waals surface area contributed by atoms with Crippen molar-refractivity contribution in [2.45, 2.75) is 45.7 Å². The maximum absolute atomic E-state index is 13.5. The Hall–Kier alpha value is -2.45. The molecule has 5 nitrogen and oxygen atoms in total. The van der Waals surface area contributed by atoms with Gasteiger partial charge in [-0.1, -0.05) is 38.3 Å². The third-order valence-electron chi connectivity index (χ3n) is 4.32. The van der Waals surface area contributed by atoms with Gasteiger partial charge in [-0.3, -0.25) is 4.79 Å². The highest BCUT2D eigenvalue weighted by Gasteiger charge is 2.42. The summed E-state index contributed by atoms with van der Waals surface area (Å²) in [5.41, 5.74) is -2.12. The topological polar surface area (TPSA) is 59.8 Å². The molecule has 1 N–H and O–H groups in total. The molecule has 0 aliphatic rings. The number of hydrogen-bond donors (Lipinski definition) is 1. The van der Waals surface area contributed by atoms with Crippen LogP contribution in [0.3, 0.4) is 0 Å². The molecule has 1 heterocycles. The van der Waals surface area contributed by atoms with Crippen LogP contribution in [0.2, 0.25) is 0 Å². The van der Waals surface area contributed by atoms with Gasteiger partial charge in [0.25, 0.3) is 5.91 Å². The summed E-state index contributed by atoms with van der Waals surface area (Å²) in [5, 5.41) is 9.43. The van der Waals surface area contributed by atoms with Crippen LogP contribution < -0.4 is 5.32 Å². The predicted molar refractivity (Wildman–Crippen MR) is 92.0 cm³/mol. The highest BCUT2D eigenvalue weighted by atomic mass is 19.4. The van der Waals surface area contributed by atoms with Crippen molar-refractivity contribution in [3.05, 3.63) is 41.5 Å². The summed E-state index contributed by atoms with van der Waals surface area (Å²) in [7, 11) is 0. The fourth-order valence-corrected chi connectivity index (χ4v) is 2.72. The van der Waals surface area contributed by atoms with Gasteiger partial charge in [-0.15, -0.1) is 5.10 Å². The van der Waals surface area contributed by atoms with Gasteiger partial charge in [-0.2, -0.15) is 13.2 Å². The van der Waals surface area contributed by atoms with E-state index in [-0.39, 0.29) is 18.2 Å². The van der Waals surface area contributed by atoms with E-state index in [0.717, 1.165) is 49.9 Å². The molecule has 0 fully saturated rings. The standard InChI is InChI=1S/C18H22F4N4O/c1-3-5-6-12(4-2)11-23-17(27)15-16(18(20,21)22)26(25-24-15)14-9-7-13(19)8-10-14/h7-10,12H,3-6,11H2,1-2H3,(H,23,27). The van der Waals surface area contributed by atoms with E-state index in [1.54, 1.807) is 0 Å². The average molecular weight is 386 g/mol. The van der Waals surface area contributed by atoms with Gasteiger partial charge < -0.3 is 5.32 Å². The molecule has 0 bridgehead atoms. The van der Waals surface area contributed by atoms with Crippen molar-refractivity contribution in [2.24, 2.45) is 5.92 Å². The summed E-state index contributed by atoms with van der Waals surface area (Å²) in [6.45, 7) is 4.29. The van der Waals surface area contributed by atoms with Gasteiger partial charge in [0.15, 0.2) is 11.4 Å². The number of aromatic nitrogens is 3. The van der Waals surface area contributed by atoms with Gasteiger partial charge in [0.2, 0.25) is 0 Å². The molecule has 0 spiro atoms. The molecule has 0 aliphatic heterocycles. The van der Waals surface area contributed by atoms with Crippen molar-refractivity contribution in [1.82, 2.24) is 20.3 Å². The minimum atomic E-state index is -4.85. The predicted octanol–water partition coefficient (Wildman–Crippen LogP) is 4.37. The Bertz CT molecular complexity index is 756. The number of halogens is 4. The van der Waals surface area contributed by atoms with Crippen molar-refractivity contribution >= 4 is 5.91 Å². The molecule has 2 aromatic rings. The van der Waals surface area contributed by atoms with Crippen LogP contribution in [0.25, 0.3) is 5.69 Å². The number of benzene rings is 1. The fraction of sp³-hybridized carbons (Fsp3) is 0.500. The number of carbonyl (C=O) groups is 1. The number of rotatable bonds is 8. The van der Waals surface area contributed by atoms with E-state index in [1.807, 2.05) is 6.92 Å². The number of hydrogen-bond acceptors (Lipinski definition) is 3. The van der Waals surface area contributed by atoms with Crippen LogP contribution in [-0.4, -0.2) is 27.4 Å². The van der Waals surface area contributed by atoms with Gasteiger partial charge >= 0.3 is 6.18 Å². The first-order valence-corrected chi connectivity index (χ1v) is 8.84. The molecule has 0 aliphatic carbocycles. The Morgan fingerprint density at radius 2 is 1.89 bits per heavy atom. The van der Waals surface area contributed by atoms with Crippen LogP contribution in [-0.2, 0) is 6.18 Å². The van der Waals surface area contributed by atoms with Gasteiger partial charge in [-0.25, -0.2) is 9.07 Å². The molecule has 1 aromatic carbocycles. The largest absolute Gasteiger partial charge is 0.435 e. The summed E-state index contributed by atoms with van der Waals surface area (Å²) in [4.78, 5) is 12.3. The summed E-state index contributed by atoms with van der Waals surface area (Å²) < 4.78 is 54.2. The second-order valence-corrected chi connectivity index (χ2v) is 6.30. The summed E-state index contributed by atoms with van der Waals surface area (Å²) in [6.07, 6.45) is -1.15. The van der Waals surface area contributed by atoms with Gasteiger partial charge in [0.1, 0.15) is 5.82 Å². The van der Waals surface area contributed by atoms with Crippen molar-refractivity contribution < 1.29 is 22.4 Å². The summed E-state index contributed by atoms with van der Waals surface area (Å²) >= 11 is 0. The number of carbonyl (C=O) groups excluding carboxylic acids is 1. The second-order valence-electron chi connectivity index (χ2n) is 6.30. The number of amides is 1. The zero-order chi connectivity index (χ0) is 20.0. The molecule has 148 valence electrons. The molecule has 0 saturated carbocycles. The third-order valence-corrected chi connectivity index (χ3v) is 4.32. The Labute approximate surface area is 154 Å². The smallest absolute Gasteiger partial charge is 0.350 e. The van der Waals surface area contributed by atoms with Crippen molar-refractivity contribution in [3.63, 3.8) is 0 Å². The molecule has 1 atom stereocenters. The number of unbranched alkanes of at least 4 members (excludes halogenated alkanes) is 1. The van der Waals surface area contributed by atoms with Crippen LogP contribution in [0.1, 0.15) is 55.7 Å². The molecule has 2 rings (SSSR count). The average Bonchev–Trinajstić information content (AvgIpc) is 3.08. The third kappa shape index (κ3) is 5.27. The maximum atomic E-state index is 13.5. The SMILES string of the molecule is CCCCC(CC)CNC(=O)c1nnn(-c2ccc(F)cc2)c1C(F)(F)F. The Balaban J connectivity index is 2.26. The normalized spacial score (nSPS) is 12.8. The van der Waals surface area contributed by atoms with Crippen LogP contribution >= 0.6 is 0 Å². The minimum absolute atomic E-state index is 0.0374. The van der Waals surface area contributed by atoms with Gasteiger partial charge in [-0.05, 0) is 36.6 Å². The van der Waals surface area contributed by atoms with E-state index in [1.165, 1.54) is 0 Å². The van der Waals surface area contributed by atoms with Crippen LogP contribution in [0.4, 0.5) is 17.6 Å². The number of alkyl halides is 3. The molecular weight excluding hydrogens is 364 g/mol. The summed E-state index contributed by atoms with van der Waals surface area (Å²) in [5.74, 6) is -1.33. The maximum Gasteiger partial charge on any atom is 0.435 e. The Morgan fingerprint density at radius 3 is 2.44 bits per heavy atom. The van der Waals surface area contributed by atoms with Gasteiger partial charge in [0, 0.05) is 6.54 Å². The quantitative estimate of drug-likeness (QED) is 0.686. The van der Waals surface area contributed by atoms with Crippen LogP contribution in [0.5, 0.6) is 0 Å². The zero-order valence-electron chi connectivity index (χ0n) is 15.2. The van der Waals surface area contributed by atoms with Crippen LogP contribution in [0, 0.1) is 11.7 Å². The minimum Gasteiger partial charge on any atom is -0.350 e. The van der Waals surface area contributed by atoms with Crippen molar-refractivity contribution in [1.29, 1.82) is 0 Å². The lowest BCUT2D eigenvalue weighted by atomic mass is 9.99. The van der Waals surface area contributed by atoms with E-state index in [4.69, 9.17) is 0 Å². The Morgan fingerprint density at radius 1 is 1.22 bits per heavy atom. The fourth-order valence-electron chi connectivity index (χ4n) is 2.72. The first kappa shape index (κ1) is 20.9. The first-order chi connectivity index (χ1) is 12.8. The lowest BCUT2D eigenvalue weighted by molar-refractivity contribution is -0.143. The Kier molecular flexibility index (Phi) is 6.92. The van der Waals surface area contributed by atoms with Gasteiger partial charge in [0.05, 0.1) is 5.69 Å². The number of nitrogens with one attached hydrogen (secondary N) is 1. The highest BCUT2D eigenvalue weighted by Crippen LogP contribution is 2.32. The molecule has 27 heavy (non-hydrogen) atoms. The summed E-state index contributed by atoms with van der Waals surface area (Å²) in [6, 6.07) is 4.30. The van der Waals surface area contributed by atoms with Crippen LogP contribution in [0.15, 0.2) is 24.3 Å². The highest BCUT2D eigenvalue weighted by molar-refractivity contribution is 5.93. The zero-order valence-corrected chi connectivity index (χ0v) is 15.2. The molecule has 1 amide bonds.